The number of quaternary nitrogens is 2. The molecular weight excluding hydrogens is 280 g/mol. The number of hydrogen-bond acceptors (Lipinski definition) is 0. The lowest BCUT2D eigenvalue weighted by molar-refractivity contribution is -1.02. The maximum absolute atomic E-state index is 2.33. The molecule has 120 valence electrons. The average molecular weight is 308 g/mol. The number of hydrogen-bond donors (Lipinski definition) is 2. The summed E-state index contributed by atoms with van der Waals surface area (Å²) in [5, 5.41) is 0. The van der Waals surface area contributed by atoms with Crippen molar-refractivity contribution in [3.63, 3.8) is 0 Å². The van der Waals surface area contributed by atoms with Crippen molar-refractivity contribution in [1.29, 1.82) is 0 Å². The summed E-state index contributed by atoms with van der Waals surface area (Å²) in [5.74, 6) is 0. The van der Waals surface area contributed by atoms with Crippen molar-refractivity contribution in [1.82, 2.24) is 0 Å². The van der Waals surface area contributed by atoms with Crippen molar-refractivity contribution in [3.8, 4) is 0 Å². The molecule has 1 heterocycles. The van der Waals surface area contributed by atoms with Crippen molar-refractivity contribution < 1.29 is 9.80 Å². The van der Waals surface area contributed by atoms with E-state index in [0.29, 0.717) is 0 Å². The van der Waals surface area contributed by atoms with Crippen LogP contribution in [-0.4, -0.2) is 32.7 Å². The molecule has 1 aliphatic heterocycles. The van der Waals surface area contributed by atoms with Crippen LogP contribution in [0.5, 0.6) is 0 Å². The van der Waals surface area contributed by atoms with Gasteiger partial charge in [0.25, 0.3) is 0 Å². The zero-order valence-corrected chi connectivity index (χ0v) is 14.1. The van der Waals surface area contributed by atoms with E-state index in [1.165, 1.54) is 49.4 Å². The maximum atomic E-state index is 2.33. The van der Waals surface area contributed by atoms with Crippen LogP contribution in [0.15, 0.2) is 60.7 Å². The molecule has 1 aliphatic rings. The van der Waals surface area contributed by atoms with Gasteiger partial charge in [0.05, 0.1) is 6.54 Å². The molecule has 0 saturated carbocycles. The predicted octanol–water partition coefficient (Wildman–Crippen LogP) is 0.992. The zero-order chi connectivity index (χ0) is 15.9. The third kappa shape index (κ3) is 5.05. The van der Waals surface area contributed by atoms with E-state index in [0.717, 1.165) is 6.54 Å². The maximum Gasteiger partial charge on any atom is 0.127 e. The van der Waals surface area contributed by atoms with Crippen LogP contribution in [0, 0.1) is 6.92 Å². The number of rotatable bonds is 5. The molecular formula is C21H28N2+2. The fraction of sp³-hybridized carbons (Fsp3) is 0.333. The topological polar surface area (TPSA) is 8.88 Å². The normalized spacial score (nSPS) is 21.6. The lowest BCUT2D eigenvalue weighted by atomic mass is 10.1. The van der Waals surface area contributed by atoms with Gasteiger partial charge in [-0.15, -0.1) is 0 Å². The van der Waals surface area contributed by atoms with Gasteiger partial charge < -0.3 is 9.80 Å². The molecule has 0 atom stereocenters. The molecule has 2 N–H and O–H groups in total. The molecule has 1 fully saturated rings. The summed E-state index contributed by atoms with van der Waals surface area (Å²) in [6.45, 7) is 9.62. The lowest BCUT2D eigenvalue weighted by Gasteiger charge is -2.29. The third-order valence-corrected chi connectivity index (χ3v) is 4.72. The van der Waals surface area contributed by atoms with Gasteiger partial charge in [0, 0.05) is 5.56 Å². The van der Waals surface area contributed by atoms with Gasteiger partial charge in [-0.3, -0.25) is 0 Å². The number of piperazine rings is 1. The van der Waals surface area contributed by atoms with Crippen LogP contribution in [0.2, 0.25) is 0 Å². The van der Waals surface area contributed by atoms with E-state index in [2.05, 4.69) is 73.7 Å². The molecule has 0 bridgehead atoms. The van der Waals surface area contributed by atoms with E-state index in [4.69, 9.17) is 0 Å². The van der Waals surface area contributed by atoms with E-state index in [1.807, 2.05) is 0 Å². The third-order valence-electron chi connectivity index (χ3n) is 4.72. The summed E-state index contributed by atoms with van der Waals surface area (Å²) in [4.78, 5) is 3.44. The molecule has 2 aromatic carbocycles. The Balaban J connectivity index is 1.42. The summed E-state index contributed by atoms with van der Waals surface area (Å²) in [7, 11) is 0. The highest BCUT2D eigenvalue weighted by molar-refractivity contribution is 5.48. The Morgan fingerprint density at radius 1 is 0.870 bits per heavy atom. The van der Waals surface area contributed by atoms with Crippen molar-refractivity contribution >= 4 is 6.08 Å². The van der Waals surface area contributed by atoms with Gasteiger partial charge in [-0.1, -0.05) is 66.2 Å². The second-order valence-electron chi connectivity index (χ2n) is 6.68. The van der Waals surface area contributed by atoms with Gasteiger partial charge in [0.15, 0.2) is 0 Å². The van der Waals surface area contributed by atoms with E-state index < -0.39 is 0 Å². The molecule has 23 heavy (non-hydrogen) atoms. The number of benzene rings is 2. The van der Waals surface area contributed by atoms with Crippen LogP contribution in [0.4, 0.5) is 0 Å². The first-order valence-electron chi connectivity index (χ1n) is 8.74. The molecule has 2 nitrogen and oxygen atoms in total. The molecule has 2 aromatic rings. The van der Waals surface area contributed by atoms with Crippen molar-refractivity contribution in [2.45, 2.75) is 13.5 Å². The van der Waals surface area contributed by atoms with Gasteiger partial charge in [-0.25, -0.2) is 0 Å². The van der Waals surface area contributed by atoms with Crippen LogP contribution >= 0.6 is 0 Å². The fourth-order valence-corrected chi connectivity index (χ4v) is 3.37. The lowest BCUT2D eigenvalue weighted by Crippen LogP contribution is -3.27. The molecule has 0 amide bonds. The summed E-state index contributed by atoms with van der Waals surface area (Å²) in [5.41, 5.74) is 4.15. The Hall–Kier alpha value is -1.90. The quantitative estimate of drug-likeness (QED) is 0.815. The number of nitrogens with one attached hydrogen (secondary N) is 2. The van der Waals surface area contributed by atoms with E-state index in [9.17, 15) is 0 Å². The molecule has 0 aromatic heterocycles. The average Bonchev–Trinajstić information content (AvgIpc) is 2.58. The van der Waals surface area contributed by atoms with E-state index >= 15 is 0 Å². The van der Waals surface area contributed by atoms with Gasteiger partial charge >= 0.3 is 0 Å². The first-order valence-corrected chi connectivity index (χ1v) is 8.74. The van der Waals surface area contributed by atoms with Crippen LogP contribution in [0.3, 0.4) is 0 Å². The van der Waals surface area contributed by atoms with Crippen molar-refractivity contribution in [3.05, 3.63) is 77.4 Å². The monoisotopic (exact) mass is 308 g/mol. The van der Waals surface area contributed by atoms with Crippen LogP contribution in [0.1, 0.15) is 16.7 Å². The summed E-state index contributed by atoms with van der Waals surface area (Å²) >= 11 is 0. The first kappa shape index (κ1) is 16.0. The SMILES string of the molecule is Cc1cccc(C[NH+]2CC[NH+](C/C=C/c3ccccc3)CC2)c1. The van der Waals surface area contributed by atoms with E-state index in [1.54, 1.807) is 9.80 Å². The second-order valence-corrected chi connectivity index (χ2v) is 6.68. The Bertz CT molecular complexity index is 625. The van der Waals surface area contributed by atoms with Gasteiger partial charge in [-0.2, -0.15) is 0 Å². The van der Waals surface area contributed by atoms with Crippen molar-refractivity contribution in [2.75, 3.05) is 32.7 Å². The standard InChI is InChI=1S/C21H26N2/c1-19-7-5-10-21(17-19)18-23-15-13-22(14-16-23)12-6-11-20-8-3-2-4-9-20/h2-11,17H,12-16,18H2,1H3/p+2/b11-6+. The fourth-order valence-electron chi connectivity index (χ4n) is 3.37. The molecule has 0 spiro atoms. The first-order chi connectivity index (χ1) is 11.3. The Labute approximate surface area is 140 Å². The van der Waals surface area contributed by atoms with Crippen LogP contribution < -0.4 is 9.80 Å². The van der Waals surface area contributed by atoms with Crippen LogP contribution in [0.25, 0.3) is 6.08 Å². The van der Waals surface area contributed by atoms with Crippen LogP contribution in [-0.2, 0) is 6.54 Å². The highest BCUT2D eigenvalue weighted by Crippen LogP contribution is 2.02. The minimum atomic E-state index is 1.15. The molecule has 0 radical (unpaired) electrons. The minimum Gasteiger partial charge on any atom is -0.322 e. The highest BCUT2D eigenvalue weighted by Gasteiger charge is 2.21. The minimum absolute atomic E-state index is 1.15. The van der Waals surface area contributed by atoms with E-state index in [-0.39, 0.29) is 0 Å². The van der Waals surface area contributed by atoms with Crippen molar-refractivity contribution in [2.24, 2.45) is 0 Å². The Morgan fingerprint density at radius 3 is 2.35 bits per heavy atom. The van der Waals surface area contributed by atoms with Gasteiger partial charge in [0.1, 0.15) is 32.7 Å². The second kappa shape index (κ2) is 8.09. The van der Waals surface area contributed by atoms with Gasteiger partial charge in [0.2, 0.25) is 0 Å². The number of aryl methyl sites for hydroxylation is 1. The summed E-state index contributed by atoms with van der Waals surface area (Å²) < 4.78 is 0. The molecule has 0 unspecified atom stereocenters. The smallest absolute Gasteiger partial charge is 0.127 e. The largest absolute Gasteiger partial charge is 0.322 e. The highest BCUT2D eigenvalue weighted by atomic mass is 15.3. The molecule has 2 heteroatoms. The predicted molar refractivity (Wildman–Crippen MR) is 96.6 cm³/mol. The summed E-state index contributed by atoms with van der Waals surface area (Å²) in [6, 6.07) is 19.5. The molecule has 3 rings (SSSR count). The van der Waals surface area contributed by atoms with Gasteiger partial charge in [-0.05, 0) is 18.6 Å². The molecule has 0 aliphatic carbocycles. The zero-order valence-electron chi connectivity index (χ0n) is 14.1. The Kier molecular flexibility index (Phi) is 5.62. The Morgan fingerprint density at radius 2 is 1.61 bits per heavy atom. The molecule has 1 saturated heterocycles. The summed E-state index contributed by atoms with van der Waals surface area (Å²) in [6.07, 6.45) is 4.58.